The highest BCUT2D eigenvalue weighted by Gasteiger charge is 2.40. The van der Waals surface area contributed by atoms with Crippen LogP contribution in [0.3, 0.4) is 0 Å². The second-order valence-corrected chi connectivity index (χ2v) is 7.42. The van der Waals surface area contributed by atoms with E-state index in [0.29, 0.717) is 6.04 Å². The van der Waals surface area contributed by atoms with Gasteiger partial charge in [0.15, 0.2) is 0 Å². The lowest BCUT2D eigenvalue weighted by Gasteiger charge is -2.39. The second-order valence-electron chi connectivity index (χ2n) is 6.32. The summed E-state index contributed by atoms with van der Waals surface area (Å²) in [6.45, 7) is 5.56. The van der Waals surface area contributed by atoms with Crippen molar-refractivity contribution in [2.45, 2.75) is 82.9 Å². The number of unbranched alkanes of at least 4 members (excludes halogenated alkanes) is 1. The van der Waals surface area contributed by atoms with Crippen LogP contribution in [-0.4, -0.2) is 35.8 Å². The molecule has 112 valence electrons. The maximum atomic E-state index is 6.12. The molecule has 2 fully saturated rings. The Kier molecular flexibility index (Phi) is 6.51. The highest BCUT2D eigenvalue weighted by Crippen LogP contribution is 2.38. The van der Waals surface area contributed by atoms with Crippen molar-refractivity contribution in [3.8, 4) is 0 Å². The molecule has 3 heteroatoms. The molecule has 2 aliphatic heterocycles. The molecule has 3 atom stereocenters. The molecule has 0 bridgehead atoms. The Balaban J connectivity index is 1.82. The van der Waals surface area contributed by atoms with Crippen LogP contribution >= 0.6 is 11.8 Å². The normalized spacial score (nSPS) is 32.8. The van der Waals surface area contributed by atoms with Crippen LogP contribution in [0.1, 0.15) is 65.2 Å². The summed E-state index contributed by atoms with van der Waals surface area (Å²) < 4.78 is 6.12. The Morgan fingerprint density at radius 2 is 2.21 bits per heavy atom. The van der Waals surface area contributed by atoms with Crippen molar-refractivity contribution >= 4 is 11.8 Å². The summed E-state index contributed by atoms with van der Waals surface area (Å²) in [7, 11) is 0. The summed E-state index contributed by atoms with van der Waals surface area (Å²) in [5.74, 6) is 2.51. The number of ether oxygens (including phenoxy) is 1. The van der Waals surface area contributed by atoms with Crippen LogP contribution < -0.4 is 5.32 Å². The Bertz CT molecular complexity index is 253. The lowest BCUT2D eigenvalue weighted by Crippen LogP contribution is -2.49. The molecule has 0 aromatic carbocycles. The number of hydrogen-bond donors (Lipinski definition) is 1. The van der Waals surface area contributed by atoms with Crippen LogP contribution in [0.5, 0.6) is 0 Å². The molecule has 2 heterocycles. The molecule has 1 spiro atoms. The van der Waals surface area contributed by atoms with E-state index in [1.807, 2.05) is 0 Å². The van der Waals surface area contributed by atoms with Crippen molar-refractivity contribution < 1.29 is 4.74 Å². The number of thioether (sulfide) groups is 1. The number of hydrogen-bond acceptors (Lipinski definition) is 3. The molecule has 2 aliphatic rings. The van der Waals surface area contributed by atoms with Gasteiger partial charge in [0.2, 0.25) is 0 Å². The average molecular weight is 285 g/mol. The Hall–Kier alpha value is 0.270. The first kappa shape index (κ1) is 15.7. The molecule has 0 aliphatic carbocycles. The summed E-state index contributed by atoms with van der Waals surface area (Å²) in [5.41, 5.74) is 0.224. The summed E-state index contributed by atoms with van der Waals surface area (Å²) >= 11 is 2.07. The monoisotopic (exact) mass is 285 g/mol. The fourth-order valence-corrected chi connectivity index (χ4v) is 4.85. The zero-order valence-corrected chi connectivity index (χ0v) is 13.6. The van der Waals surface area contributed by atoms with E-state index in [-0.39, 0.29) is 5.60 Å². The molecule has 1 N–H and O–H groups in total. The van der Waals surface area contributed by atoms with Gasteiger partial charge in [0.05, 0.1) is 5.60 Å². The second kappa shape index (κ2) is 7.90. The summed E-state index contributed by atoms with van der Waals surface area (Å²) in [6.07, 6.45) is 10.4. The first-order valence-corrected chi connectivity index (χ1v) is 9.41. The molecule has 2 saturated heterocycles. The Labute approximate surface area is 123 Å². The molecular formula is C16H31NOS. The molecule has 2 rings (SSSR count). The fraction of sp³-hybridized carbons (Fsp3) is 1.00. The van der Waals surface area contributed by atoms with Crippen LogP contribution in [0.25, 0.3) is 0 Å². The van der Waals surface area contributed by atoms with E-state index in [4.69, 9.17) is 4.74 Å². The van der Waals surface area contributed by atoms with Crippen molar-refractivity contribution in [2.24, 2.45) is 0 Å². The van der Waals surface area contributed by atoms with E-state index in [2.05, 4.69) is 30.9 Å². The molecule has 3 unspecified atom stereocenters. The van der Waals surface area contributed by atoms with Gasteiger partial charge in [0.1, 0.15) is 0 Å². The van der Waals surface area contributed by atoms with Gasteiger partial charge in [-0.05, 0) is 37.9 Å². The zero-order chi connectivity index (χ0) is 13.6. The van der Waals surface area contributed by atoms with Gasteiger partial charge in [0, 0.05) is 24.4 Å². The van der Waals surface area contributed by atoms with E-state index >= 15 is 0 Å². The van der Waals surface area contributed by atoms with Gasteiger partial charge in [-0.3, -0.25) is 0 Å². The van der Waals surface area contributed by atoms with Crippen LogP contribution in [0, 0.1) is 0 Å². The van der Waals surface area contributed by atoms with Gasteiger partial charge < -0.3 is 10.1 Å². The molecule has 0 aromatic heterocycles. The van der Waals surface area contributed by atoms with Crippen LogP contribution in [0.4, 0.5) is 0 Å². The summed E-state index contributed by atoms with van der Waals surface area (Å²) in [6, 6.07) is 1.43. The lowest BCUT2D eigenvalue weighted by atomic mass is 9.89. The minimum atomic E-state index is 0.224. The Morgan fingerprint density at radius 1 is 1.32 bits per heavy atom. The SMILES string of the molecule is CCCCC(CCC)NC1CCOC2(CCSC2)C1. The third-order valence-corrected chi connectivity index (χ3v) is 5.80. The van der Waals surface area contributed by atoms with Crippen LogP contribution in [0.2, 0.25) is 0 Å². The van der Waals surface area contributed by atoms with E-state index < -0.39 is 0 Å². The maximum absolute atomic E-state index is 6.12. The predicted molar refractivity (Wildman–Crippen MR) is 85.0 cm³/mol. The lowest BCUT2D eigenvalue weighted by molar-refractivity contribution is -0.0715. The highest BCUT2D eigenvalue weighted by atomic mass is 32.2. The van der Waals surface area contributed by atoms with E-state index in [9.17, 15) is 0 Å². The van der Waals surface area contributed by atoms with E-state index in [0.717, 1.165) is 12.6 Å². The van der Waals surface area contributed by atoms with Crippen molar-refractivity contribution in [3.63, 3.8) is 0 Å². The topological polar surface area (TPSA) is 21.3 Å². The molecule has 0 amide bonds. The van der Waals surface area contributed by atoms with Gasteiger partial charge >= 0.3 is 0 Å². The first-order chi connectivity index (χ1) is 9.28. The van der Waals surface area contributed by atoms with Crippen LogP contribution in [0.15, 0.2) is 0 Å². The van der Waals surface area contributed by atoms with Crippen molar-refractivity contribution in [1.29, 1.82) is 0 Å². The van der Waals surface area contributed by atoms with Gasteiger partial charge in [-0.25, -0.2) is 0 Å². The number of rotatable bonds is 7. The number of nitrogens with one attached hydrogen (secondary N) is 1. The predicted octanol–water partition coefficient (Wildman–Crippen LogP) is 3.99. The molecule has 2 nitrogen and oxygen atoms in total. The smallest absolute Gasteiger partial charge is 0.0795 e. The van der Waals surface area contributed by atoms with Crippen molar-refractivity contribution in [3.05, 3.63) is 0 Å². The first-order valence-electron chi connectivity index (χ1n) is 8.26. The largest absolute Gasteiger partial charge is 0.374 e. The fourth-order valence-electron chi connectivity index (χ4n) is 3.48. The molecule has 0 radical (unpaired) electrons. The van der Waals surface area contributed by atoms with E-state index in [1.54, 1.807) is 0 Å². The highest BCUT2D eigenvalue weighted by molar-refractivity contribution is 7.99. The maximum Gasteiger partial charge on any atom is 0.0795 e. The van der Waals surface area contributed by atoms with Crippen molar-refractivity contribution in [2.75, 3.05) is 18.1 Å². The van der Waals surface area contributed by atoms with Gasteiger partial charge in [-0.1, -0.05) is 33.1 Å². The van der Waals surface area contributed by atoms with Gasteiger partial charge in [-0.15, -0.1) is 0 Å². The summed E-state index contributed by atoms with van der Waals surface area (Å²) in [4.78, 5) is 0. The van der Waals surface area contributed by atoms with Gasteiger partial charge in [-0.2, -0.15) is 11.8 Å². The molecule has 19 heavy (non-hydrogen) atoms. The minimum absolute atomic E-state index is 0.224. The third kappa shape index (κ3) is 4.64. The standard InChI is InChI=1S/C16H31NOS/c1-3-5-7-14(6-4-2)17-15-8-10-18-16(12-15)9-11-19-13-16/h14-15,17H,3-13H2,1-2H3. The third-order valence-electron chi connectivity index (χ3n) is 4.57. The quantitative estimate of drug-likeness (QED) is 0.764. The molecular weight excluding hydrogens is 254 g/mol. The van der Waals surface area contributed by atoms with Gasteiger partial charge in [0.25, 0.3) is 0 Å². The Morgan fingerprint density at radius 3 is 2.89 bits per heavy atom. The molecule has 0 aromatic rings. The van der Waals surface area contributed by atoms with E-state index in [1.165, 1.54) is 62.9 Å². The zero-order valence-electron chi connectivity index (χ0n) is 12.7. The van der Waals surface area contributed by atoms with Crippen LogP contribution in [-0.2, 0) is 4.74 Å². The molecule has 0 saturated carbocycles. The van der Waals surface area contributed by atoms with Crippen molar-refractivity contribution in [1.82, 2.24) is 5.32 Å². The minimum Gasteiger partial charge on any atom is -0.374 e. The summed E-state index contributed by atoms with van der Waals surface area (Å²) in [5, 5.41) is 3.95. The average Bonchev–Trinajstić information content (AvgIpc) is 2.84.